The minimum Gasteiger partial charge on any atom is -0.267 e. The van der Waals surface area contributed by atoms with Crippen LogP contribution in [-0.4, -0.2) is 15.9 Å². The highest BCUT2D eigenvalue weighted by atomic mass is 16.1. The zero-order chi connectivity index (χ0) is 18.5. The number of hydrogen-bond acceptors (Lipinski definition) is 3. The minimum absolute atomic E-state index is 0.185. The van der Waals surface area contributed by atoms with Crippen molar-refractivity contribution in [3.63, 3.8) is 0 Å². The first-order valence-corrected chi connectivity index (χ1v) is 8.63. The monoisotopic (exact) mass is 351 g/mol. The van der Waals surface area contributed by atoms with Gasteiger partial charge < -0.3 is 0 Å². The molecule has 0 fully saturated rings. The van der Waals surface area contributed by atoms with Crippen LogP contribution in [-0.2, 0) is 0 Å². The van der Waals surface area contributed by atoms with Crippen LogP contribution >= 0.6 is 0 Å². The van der Waals surface area contributed by atoms with Crippen LogP contribution in [0, 0.1) is 0 Å². The van der Waals surface area contributed by atoms with Crippen LogP contribution < -0.4 is 5.56 Å². The standard InChI is InChI=1S/C23H17N3O/c27-23-15-21(19-9-3-1-4-10-19)14-22(20-11-5-2-6-12-20)26(23)25-17-18-8-7-13-24-16-18/h1-17H. The van der Waals surface area contributed by atoms with E-state index in [1.165, 1.54) is 4.68 Å². The molecule has 0 aliphatic heterocycles. The van der Waals surface area contributed by atoms with Crippen LogP contribution in [0.25, 0.3) is 22.4 Å². The molecule has 2 heterocycles. The van der Waals surface area contributed by atoms with Crippen molar-refractivity contribution >= 4 is 6.21 Å². The van der Waals surface area contributed by atoms with Crippen molar-refractivity contribution in [1.29, 1.82) is 0 Å². The second kappa shape index (κ2) is 7.62. The van der Waals surface area contributed by atoms with Crippen LogP contribution in [0.5, 0.6) is 0 Å². The van der Waals surface area contributed by atoms with Gasteiger partial charge in [-0.05, 0) is 23.3 Å². The van der Waals surface area contributed by atoms with Gasteiger partial charge in [0.15, 0.2) is 0 Å². The summed E-state index contributed by atoms with van der Waals surface area (Å²) in [5, 5.41) is 4.43. The van der Waals surface area contributed by atoms with E-state index < -0.39 is 0 Å². The third-order valence-corrected chi connectivity index (χ3v) is 4.19. The first-order valence-electron chi connectivity index (χ1n) is 8.63. The summed E-state index contributed by atoms with van der Waals surface area (Å²) < 4.78 is 1.43. The Morgan fingerprint density at radius 3 is 2.15 bits per heavy atom. The number of pyridine rings is 2. The van der Waals surface area contributed by atoms with E-state index in [-0.39, 0.29) is 5.56 Å². The van der Waals surface area contributed by atoms with Gasteiger partial charge in [0.05, 0.1) is 11.9 Å². The topological polar surface area (TPSA) is 47.2 Å². The fraction of sp³-hybridized carbons (Fsp3) is 0. The first-order chi connectivity index (χ1) is 13.3. The van der Waals surface area contributed by atoms with E-state index in [1.54, 1.807) is 24.7 Å². The van der Waals surface area contributed by atoms with Crippen molar-refractivity contribution in [1.82, 2.24) is 9.66 Å². The molecular weight excluding hydrogens is 334 g/mol. The van der Waals surface area contributed by atoms with Crippen molar-refractivity contribution in [3.8, 4) is 22.4 Å². The maximum Gasteiger partial charge on any atom is 0.272 e. The third kappa shape index (κ3) is 3.75. The Bertz CT molecular complexity index is 1120. The molecule has 4 aromatic rings. The predicted octanol–water partition coefficient (Wildman–Crippen LogP) is 4.46. The summed E-state index contributed by atoms with van der Waals surface area (Å²) in [7, 11) is 0. The van der Waals surface area contributed by atoms with E-state index in [9.17, 15) is 4.79 Å². The molecule has 0 radical (unpaired) electrons. The molecule has 2 aromatic carbocycles. The highest BCUT2D eigenvalue weighted by Gasteiger charge is 2.09. The molecule has 0 N–H and O–H groups in total. The highest BCUT2D eigenvalue weighted by Crippen LogP contribution is 2.24. The number of benzene rings is 2. The summed E-state index contributed by atoms with van der Waals surface area (Å²) in [6.07, 6.45) is 5.05. The van der Waals surface area contributed by atoms with Gasteiger partial charge in [0, 0.05) is 29.6 Å². The fourth-order valence-electron chi connectivity index (χ4n) is 2.87. The Morgan fingerprint density at radius 1 is 0.778 bits per heavy atom. The molecule has 4 heteroatoms. The van der Waals surface area contributed by atoms with E-state index in [4.69, 9.17) is 0 Å². The Hall–Kier alpha value is -3.79. The Labute approximate surface area is 157 Å². The van der Waals surface area contributed by atoms with Gasteiger partial charge in [0.2, 0.25) is 0 Å². The summed E-state index contributed by atoms with van der Waals surface area (Å²) in [6, 6.07) is 27.0. The van der Waals surface area contributed by atoms with Crippen LogP contribution in [0.2, 0.25) is 0 Å². The summed E-state index contributed by atoms with van der Waals surface area (Å²) in [4.78, 5) is 16.9. The van der Waals surface area contributed by atoms with Gasteiger partial charge in [-0.3, -0.25) is 9.78 Å². The molecule has 0 unspecified atom stereocenters. The Kier molecular flexibility index (Phi) is 4.70. The van der Waals surface area contributed by atoms with E-state index in [1.807, 2.05) is 78.9 Å². The Morgan fingerprint density at radius 2 is 1.48 bits per heavy atom. The van der Waals surface area contributed by atoms with E-state index >= 15 is 0 Å². The lowest BCUT2D eigenvalue weighted by molar-refractivity contribution is 0.843. The number of hydrogen-bond donors (Lipinski definition) is 0. The van der Waals surface area contributed by atoms with E-state index in [2.05, 4.69) is 10.1 Å². The first kappa shape index (κ1) is 16.7. The van der Waals surface area contributed by atoms with Gasteiger partial charge in [0.25, 0.3) is 5.56 Å². The number of rotatable bonds is 4. The SMILES string of the molecule is O=c1cc(-c2ccccc2)cc(-c2ccccc2)n1N=Cc1cccnc1. The lowest BCUT2D eigenvalue weighted by Gasteiger charge is -2.11. The van der Waals surface area contributed by atoms with Gasteiger partial charge >= 0.3 is 0 Å². The molecule has 0 spiro atoms. The lowest BCUT2D eigenvalue weighted by Crippen LogP contribution is -2.17. The number of nitrogens with zero attached hydrogens (tertiary/aromatic N) is 3. The van der Waals surface area contributed by atoms with Crippen LogP contribution in [0.4, 0.5) is 0 Å². The molecule has 4 rings (SSSR count). The van der Waals surface area contributed by atoms with E-state index in [0.29, 0.717) is 0 Å². The molecule has 2 aromatic heterocycles. The van der Waals surface area contributed by atoms with E-state index in [0.717, 1.165) is 27.9 Å². The fourth-order valence-corrected chi connectivity index (χ4v) is 2.87. The zero-order valence-electron chi connectivity index (χ0n) is 14.6. The molecule has 0 atom stereocenters. The summed E-state index contributed by atoms with van der Waals surface area (Å²) in [5.74, 6) is 0. The molecule has 0 saturated heterocycles. The van der Waals surface area contributed by atoms with Crippen molar-refractivity contribution in [2.45, 2.75) is 0 Å². The van der Waals surface area contributed by atoms with Gasteiger partial charge in [-0.25, -0.2) is 0 Å². The normalized spacial score (nSPS) is 11.0. The smallest absolute Gasteiger partial charge is 0.267 e. The van der Waals surface area contributed by atoms with Crippen LogP contribution in [0.3, 0.4) is 0 Å². The average molecular weight is 351 g/mol. The lowest BCUT2D eigenvalue weighted by atomic mass is 10.0. The molecule has 27 heavy (non-hydrogen) atoms. The van der Waals surface area contributed by atoms with Crippen molar-refractivity contribution < 1.29 is 0 Å². The predicted molar refractivity (Wildman–Crippen MR) is 109 cm³/mol. The van der Waals surface area contributed by atoms with Gasteiger partial charge in [-0.1, -0.05) is 66.7 Å². The number of aromatic nitrogens is 2. The van der Waals surface area contributed by atoms with Gasteiger partial charge in [0.1, 0.15) is 0 Å². The second-order valence-corrected chi connectivity index (χ2v) is 6.04. The zero-order valence-corrected chi connectivity index (χ0v) is 14.6. The molecule has 0 bridgehead atoms. The molecule has 0 amide bonds. The maximum atomic E-state index is 12.9. The maximum absolute atomic E-state index is 12.9. The Balaban J connectivity index is 1.87. The molecular formula is C23H17N3O. The van der Waals surface area contributed by atoms with Crippen LogP contribution in [0.1, 0.15) is 5.56 Å². The molecule has 0 aliphatic carbocycles. The molecule has 4 nitrogen and oxygen atoms in total. The largest absolute Gasteiger partial charge is 0.272 e. The summed E-state index contributed by atoms with van der Waals surface area (Å²) in [5.41, 5.74) is 4.17. The minimum atomic E-state index is -0.185. The summed E-state index contributed by atoms with van der Waals surface area (Å²) >= 11 is 0. The van der Waals surface area contributed by atoms with Crippen molar-refractivity contribution in [3.05, 3.63) is 113 Å². The molecule has 0 aliphatic rings. The van der Waals surface area contributed by atoms with Crippen molar-refractivity contribution in [2.24, 2.45) is 5.10 Å². The summed E-state index contributed by atoms with van der Waals surface area (Å²) in [6.45, 7) is 0. The highest BCUT2D eigenvalue weighted by molar-refractivity contribution is 5.79. The molecule has 0 saturated carbocycles. The van der Waals surface area contributed by atoms with Crippen LogP contribution in [0.15, 0.2) is 107 Å². The third-order valence-electron chi connectivity index (χ3n) is 4.19. The van der Waals surface area contributed by atoms with Crippen molar-refractivity contribution in [2.75, 3.05) is 0 Å². The molecule has 130 valence electrons. The van der Waals surface area contributed by atoms with Gasteiger partial charge in [-0.15, -0.1) is 0 Å². The second-order valence-electron chi connectivity index (χ2n) is 6.04. The van der Waals surface area contributed by atoms with Gasteiger partial charge in [-0.2, -0.15) is 9.78 Å². The average Bonchev–Trinajstić information content (AvgIpc) is 2.74. The quantitative estimate of drug-likeness (QED) is 0.510.